The minimum absolute atomic E-state index is 0.0380. The van der Waals surface area contributed by atoms with Gasteiger partial charge in [-0.2, -0.15) is 0 Å². The normalized spacial score (nSPS) is 17.0. The molecule has 0 saturated carbocycles. The summed E-state index contributed by atoms with van der Waals surface area (Å²) in [6.07, 6.45) is 0. The molecule has 0 spiro atoms. The molecule has 8 nitrogen and oxygen atoms in total. The van der Waals surface area contributed by atoms with Crippen LogP contribution in [-0.2, 0) is 10.2 Å². The van der Waals surface area contributed by atoms with Crippen LogP contribution in [-0.4, -0.2) is 62.0 Å². The summed E-state index contributed by atoms with van der Waals surface area (Å²) in [5.41, 5.74) is 3.55. The Morgan fingerprint density at radius 1 is 0.972 bits per heavy atom. The lowest BCUT2D eigenvalue weighted by atomic mass is 9.86. The molecule has 1 unspecified atom stereocenters. The lowest BCUT2D eigenvalue weighted by Gasteiger charge is -2.35. The van der Waals surface area contributed by atoms with Crippen LogP contribution < -0.4 is 14.8 Å². The lowest BCUT2D eigenvalue weighted by Crippen LogP contribution is -2.43. The number of carbonyl (C=O) groups is 1. The van der Waals surface area contributed by atoms with E-state index in [9.17, 15) is 4.79 Å². The molecule has 0 radical (unpaired) electrons. The number of hydrogen-bond donors (Lipinski definition) is 1. The highest BCUT2D eigenvalue weighted by Crippen LogP contribution is 2.34. The van der Waals surface area contributed by atoms with Crippen LogP contribution in [0, 0.1) is 0 Å². The van der Waals surface area contributed by atoms with Crippen molar-refractivity contribution < 1.29 is 23.5 Å². The Morgan fingerprint density at radius 2 is 1.69 bits per heavy atom. The Morgan fingerprint density at radius 3 is 2.42 bits per heavy atom. The van der Waals surface area contributed by atoms with Crippen molar-refractivity contribution in [2.75, 3.05) is 46.1 Å². The third kappa shape index (κ3) is 5.39. The Kier molecular flexibility index (Phi) is 6.98. The summed E-state index contributed by atoms with van der Waals surface area (Å²) >= 11 is 0. The molecule has 1 fully saturated rings. The van der Waals surface area contributed by atoms with E-state index in [0.29, 0.717) is 50.2 Å². The molecular weight excluding hydrogens is 458 g/mol. The van der Waals surface area contributed by atoms with E-state index in [1.807, 2.05) is 18.2 Å². The van der Waals surface area contributed by atoms with Crippen molar-refractivity contribution >= 4 is 5.91 Å². The fraction of sp³-hybridized carbons (Fsp3) is 0.429. The largest absolute Gasteiger partial charge is 0.486 e. The summed E-state index contributed by atoms with van der Waals surface area (Å²) in [5, 5.41) is 7.08. The van der Waals surface area contributed by atoms with Crippen LogP contribution in [0.25, 0.3) is 11.3 Å². The number of nitrogens with zero attached hydrogens (tertiary/aromatic N) is 2. The number of ether oxygens (including phenoxy) is 3. The minimum Gasteiger partial charge on any atom is -0.486 e. The topological polar surface area (TPSA) is 86.1 Å². The number of rotatable bonds is 6. The summed E-state index contributed by atoms with van der Waals surface area (Å²) < 4.78 is 22.3. The Bertz CT molecular complexity index is 1190. The van der Waals surface area contributed by atoms with E-state index in [1.165, 1.54) is 11.1 Å². The molecule has 2 aliphatic rings. The maximum atomic E-state index is 13.0. The summed E-state index contributed by atoms with van der Waals surface area (Å²) in [6, 6.07) is 15.9. The molecule has 2 aromatic carbocycles. The minimum atomic E-state index is -0.271. The summed E-state index contributed by atoms with van der Waals surface area (Å²) in [5.74, 6) is 1.59. The lowest BCUT2D eigenvalue weighted by molar-refractivity contribution is 0.0162. The van der Waals surface area contributed by atoms with Crippen LogP contribution in [0.4, 0.5) is 0 Å². The molecular formula is C28H33N3O5. The van der Waals surface area contributed by atoms with Crippen molar-refractivity contribution in [1.29, 1.82) is 0 Å². The Hall–Kier alpha value is -3.36. The van der Waals surface area contributed by atoms with Gasteiger partial charge in [0, 0.05) is 31.3 Å². The maximum absolute atomic E-state index is 13.0. The molecule has 0 bridgehead atoms. The fourth-order valence-electron chi connectivity index (χ4n) is 4.55. The Balaban J connectivity index is 1.29. The van der Waals surface area contributed by atoms with E-state index >= 15 is 0 Å². The predicted octanol–water partition coefficient (Wildman–Crippen LogP) is 4.21. The number of morpholine rings is 1. The van der Waals surface area contributed by atoms with Crippen molar-refractivity contribution in [2.24, 2.45) is 0 Å². The second kappa shape index (κ2) is 10.3. The van der Waals surface area contributed by atoms with Gasteiger partial charge in [0.05, 0.1) is 19.3 Å². The highest BCUT2D eigenvalue weighted by Gasteiger charge is 2.25. The molecule has 1 aromatic heterocycles. The first-order valence-corrected chi connectivity index (χ1v) is 12.5. The molecule has 36 heavy (non-hydrogen) atoms. The molecule has 1 saturated heterocycles. The van der Waals surface area contributed by atoms with Gasteiger partial charge in [-0.1, -0.05) is 50.2 Å². The van der Waals surface area contributed by atoms with Crippen molar-refractivity contribution in [3.63, 3.8) is 0 Å². The van der Waals surface area contributed by atoms with Crippen LogP contribution in [0.3, 0.4) is 0 Å². The van der Waals surface area contributed by atoms with E-state index in [1.54, 1.807) is 6.07 Å². The molecule has 1 atom stereocenters. The molecule has 5 rings (SSSR count). The zero-order valence-corrected chi connectivity index (χ0v) is 21.1. The smallest absolute Gasteiger partial charge is 0.273 e. The van der Waals surface area contributed by atoms with Crippen LogP contribution in [0.2, 0.25) is 0 Å². The SMILES string of the molecule is CC(C)(C)c1ccc(C(CNC(=O)c2cc(-c3ccc4c(c3)OCCO4)on2)N2CCOCC2)cc1. The number of amides is 1. The standard InChI is InChI=1S/C28H33N3O5/c1-28(2,3)21-7-4-19(5-8-21)23(31-10-12-33-13-11-31)18-29-27(32)22-17-25(36-30-22)20-6-9-24-26(16-20)35-15-14-34-24/h4-9,16-17,23H,10-15,18H2,1-3H3,(H,29,32). The van der Waals surface area contributed by atoms with E-state index in [0.717, 1.165) is 18.7 Å². The van der Waals surface area contributed by atoms with Gasteiger partial charge in [0.25, 0.3) is 5.91 Å². The van der Waals surface area contributed by atoms with Crippen LogP contribution in [0.5, 0.6) is 11.5 Å². The summed E-state index contributed by atoms with van der Waals surface area (Å²) in [6.45, 7) is 11.1. The van der Waals surface area contributed by atoms with Gasteiger partial charge in [0.15, 0.2) is 23.0 Å². The van der Waals surface area contributed by atoms with Gasteiger partial charge in [-0.05, 0) is 34.7 Å². The number of nitrogens with one attached hydrogen (secondary N) is 1. The molecule has 2 aliphatic heterocycles. The van der Waals surface area contributed by atoms with Crippen LogP contribution in [0.1, 0.15) is 48.4 Å². The first-order chi connectivity index (χ1) is 17.4. The number of carbonyl (C=O) groups excluding carboxylic acids is 1. The van der Waals surface area contributed by atoms with Gasteiger partial charge < -0.3 is 24.1 Å². The molecule has 0 aliphatic carbocycles. The highest BCUT2D eigenvalue weighted by molar-refractivity contribution is 5.93. The second-order valence-electron chi connectivity index (χ2n) is 10.2. The second-order valence-corrected chi connectivity index (χ2v) is 10.2. The number of fused-ring (bicyclic) bond motifs is 1. The van der Waals surface area contributed by atoms with E-state index in [-0.39, 0.29) is 23.1 Å². The highest BCUT2D eigenvalue weighted by atomic mass is 16.6. The maximum Gasteiger partial charge on any atom is 0.273 e. The van der Waals surface area contributed by atoms with Gasteiger partial charge in [-0.15, -0.1) is 0 Å². The van der Waals surface area contributed by atoms with Crippen molar-refractivity contribution in [2.45, 2.75) is 32.2 Å². The van der Waals surface area contributed by atoms with E-state index in [2.05, 4.69) is 60.4 Å². The number of aromatic nitrogens is 1. The fourth-order valence-corrected chi connectivity index (χ4v) is 4.55. The third-order valence-corrected chi connectivity index (χ3v) is 6.67. The number of benzene rings is 2. The quantitative estimate of drug-likeness (QED) is 0.553. The van der Waals surface area contributed by atoms with Crippen molar-refractivity contribution in [1.82, 2.24) is 15.4 Å². The monoisotopic (exact) mass is 491 g/mol. The average molecular weight is 492 g/mol. The van der Waals surface area contributed by atoms with Crippen LogP contribution in [0.15, 0.2) is 53.1 Å². The first kappa shape index (κ1) is 24.3. The van der Waals surface area contributed by atoms with E-state index in [4.69, 9.17) is 18.7 Å². The van der Waals surface area contributed by atoms with Gasteiger partial charge in [0.2, 0.25) is 0 Å². The van der Waals surface area contributed by atoms with Crippen LogP contribution >= 0.6 is 0 Å². The summed E-state index contributed by atoms with van der Waals surface area (Å²) in [7, 11) is 0. The van der Waals surface area contributed by atoms with Gasteiger partial charge in [0.1, 0.15) is 13.2 Å². The van der Waals surface area contributed by atoms with Gasteiger partial charge in [-0.3, -0.25) is 9.69 Å². The zero-order chi connectivity index (χ0) is 25.1. The third-order valence-electron chi connectivity index (χ3n) is 6.67. The zero-order valence-electron chi connectivity index (χ0n) is 21.1. The van der Waals surface area contributed by atoms with Crippen molar-refractivity contribution in [3.8, 4) is 22.8 Å². The molecule has 1 N–H and O–H groups in total. The molecule has 190 valence electrons. The predicted molar refractivity (Wildman–Crippen MR) is 136 cm³/mol. The number of hydrogen-bond acceptors (Lipinski definition) is 7. The van der Waals surface area contributed by atoms with Gasteiger partial charge in [-0.25, -0.2) is 0 Å². The average Bonchev–Trinajstić information content (AvgIpc) is 3.39. The van der Waals surface area contributed by atoms with E-state index < -0.39 is 0 Å². The first-order valence-electron chi connectivity index (χ1n) is 12.5. The van der Waals surface area contributed by atoms with Crippen molar-refractivity contribution in [3.05, 3.63) is 65.4 Å². The Labute approximate surface area is 211 Å². The molecule has 8 heteroatoms. The molecule has 1 amide bonds. The molecule has 3 aromatic rings. The van der Waals surface area contributed by atoms with Gasteiger partial charge >= 0.3 is 0 Å². The summed E-state index contributed by atoms with van der Waals surface area (Å²) in [4.78, 5) is 15.4. The molecule has 3 heterocycles.